The highest BCUT2D eigenvalue weighted by Gasteiger charge is 2.22. The van der Waals surface area contributed by atoms with Gasteiger partial charge in [0.05, 0.1) is 14.2 Å². The van der Waals surface area contributed by atoms with Gasteiger partial charge in [0, 0.05) is 35.6 Å². The van der Waals surface area contributed by atoms with Gasteiger partial charge in [0.15, 0.2) is 5.78 Å². The first-order valence-corrected chi connectivity index (χ1v) is 12.7. The maximum absolute atomic E-state index is 12.8. The van der Waals surface area contributed by atoms with Gasteiger partial charge >= 0.3 is 0 Å². The van der Waals surface area contributed by atoms with Crippen LogP contribution < -0.4 is 9.47 Å². The van der Waals surface area contributed by atoms with Crippen molar-refractivity contribution in [1.29, 1.82) is 0 Å². The molecule has 7 nitrogen and oxygen atoms in total. The second kappa shape index (κ2) is 12.3. The number of carbonyl (C=O) groups excluding carboxylic acids is 1. The fourth-order valence-corrected chi connectivity index (χ4v) is 4.79. The molecular weight excluding hydrogens is 496 g/mol. The molecule has 39 heavy (non-hydrogen) atoms. The van der Waals surface area contributed by atoms with Gasteiger partial charge in [-0.15, -0.1) is 0 Å². The van der Waals surface area contributed by atoms with E-state index < -0.39 is 0 Å². The van der Waals surface area contributed by atoms with Crippen LogP contribution in [-0.2, 0) is 12.8 Å². The fourth-order valence-electron chi connectivity index (χ4n) is 4.79. The molecule has 1 atom stereocenters. The monoisotopic (exact) mass is 528 g/mol. The summed E-state index contributed by atoms with van der Waals surface area (Å²) in [5, 5.41) is 40.3. The lowest BCUT2D eigenvalue weighted by atomic mass is 9.84. The number of ether oxygens (including phenoxy) is 2. The summed E-state index contributed by atoms with van der Waals surface area (Å²) in [4.78, 5) is 12.8. The van der Waals surface area contributed by atoms with Crippen molar-refractivity contribution in [1.82, 2.24) is 0 Å². The first-order chi connectivity index (χ1) is 18.8. The Bertz CT molecular complexity index is 1430. The number of Topliss-reactive ketones (excluding diaryl/α,β-unsaturated/α-hetero) is 1. The third kappa shape index (κ3) is 6.62. The molecule has 0 aliphatic heterocycles. The zero-order valence-corrected chi connectivity index (χ0v) is 21.9. The van der Waals surface area contributed by atoms with E-state index in [4.69, 9.17) is 9.47 Å². The number of aromatic hydroxyl groups is 4. The first kappa shape index (κ1) is 27.4. The fraction of sp³-hybridized carbons (Fsp3) is 0.219. The number of benzene rings is 4. The number of hydrogen-bond donors (Lipinski definition) is 4. The number of carbonyl (C=O) groups is 1. The van der Waals surface area contributed by atoms with E-state index in [-0.39, 0.29) is 41.1 Å². The SMILES string of the molecule is COc1cc(O)c([C@@H](CCc2ccc(O)cc2OC)c2ccc(O)cc2)cc1CCC(=O)c1ccc(O)cc1. The zero-order chi connectivity index (χ0) is 27.9. The summed E-state index contributed by atoms with van der Waals surface area (Å²) in [7, 11) is 3.07. The van der Waals surface area contributed by atoms with Crippen LogP contribution in [0.25, 0.3) is 0 Å². The lowest BCUT2D eigenvalue weighted by Gasteiger charge is -2.22. The number of methoxy groups -OCH3 is 2. The van der Waals surface area contributed by atoms with Crippen molar-refractivity contribution in [3.05, 3.63) is 107 Å². The Morgan fingerprint density at radius 3 is 1.92 bits per heavy atom. The van der Waals surface area contributed by atoms with Crippen LogP contribution in [0, 0.1) is 0 Å². The molecule has 4 aromatic carbocycles. The summed E-state index contributed by atoms with van der Waals surface area (Å²) in [5.74, 6) is 1.17. The topological polar surface area (TPSA) is 116 Å². The van der Waals surface area contributed by atoms with Crippen LogP contribution in [0.15, 0.2) is 78.9 Å². The van der Waals surface area contributed by atoms with Gasteiger partial charge in [-0.1, -0.05) is 18.2 Å². The molecule has 4 N–H and O–H groups in total. The Balaban J connectivity index is 1.66. The Labute approximate surface area is 227 Å². The average molecular weight is 529 g/mol. The molecule has 0 amide bonds. The van der Waals surface area contributed by atoms with Gasteiger partial charge in [-0.25, -0.2) is 0 Å². The normalized spacial score (nSPS) is 11.6. The minimum atomic E-state index is -0.249. The highest BCUT2D eigenvalue weighted by molar-refractivity contribution is 5.96. The van der Waals surface area contributed by atoms with Crippen molar-refractivity contribution in [2.45, 2.75) is 31.6 Å². The van der Waals surface area contributed by atoms with Gasteiger partial charge in [0.25, 0.3) is 0 Å². The van der Waals surface area contributed by atoms with Crippen molar-refractivity contribution < 1.29 is 34.7 Å². The predicted molar refractivity (Wildman–Crippen MR) is 148 cm³/mol. The van der Waals surface area contributed by atoms with E-state index in [1.54, 1.807) is 49.6 Å². The molecular formula is C32H32O7. The van der Waals surface area contributed by atoms with Crippen LogP contribution in [0.1, 0.15) is 51.4 Å². The van der Waals surface area contributed by atoms with Crippen LogP contribution in [0.5, 0.6) is 34.5 Å². The van der Waals surface area contributed by atoms with E-state index >= 15 is 0 Å². The largest absolute Gasteiger partial charge is 0.508 e. The summed E-state index contributed by atoms with van der Waals surface area (Å²) in [6, 6.07) is 21.5. The molecule has 0 aliphatic rings. The second-order valence-electron chi connectivity index (χ2n) is 9.37. The van der Waals surface area contributed by atoms with E-state index in [0.717, 1.165) is 16.7 Å². The Morgan fingerprint density at radius 1 is 0.692 bits per heavy atom. The third-order valence-corrected chi connectivity index (χ3v) is 6.88. The summed E-state index contributed by atoms with van der Waals surface area (Å²) < 4.78 is 11.0. The lowest BCUT2D eigenvalue weighted by molar-refractivity contribution is 0.0982. The van der Waals surface area contributed by atoms with Gasteiger partial charge in [-0.05, 0) is 84.5 Å². The number of phenolic OH excluding ortho intramolecular Hbond substituents is 4. The molecule has 202 valence electrons. The van der Waals surface area contributed by atoms with E-state index in [1.165, 1.54) is 19.2 Å². The summed E-state index contributed by atoms with van der Waals surface area (Å²) in [6.45, 7) is 0. The molecule has 0 fully saturated rings. The minimum Gasteiger partial charge on any atom is -0.508 e. The third-order valence-electron chi connectivity index (χ3n) is 6.88. The predicted octanol–water partition coefficient (Wildman–Crippen LogP) is 6.11. The van der Waals surface area contributed by atoms with Crippen LogP contribution in [0.2, 0.25) is 0 Å². The van der Waals surface area contributed by atoms with Crippen LogP contribution in [-0.4, -0.2) is 40.4 Å². The molecule has 7 heteroatoms. The first-order valence-electron chi connectivity index (χ1n) is 12.7. The lowest BCUT2D eigenvalue weighted by Crippen LogP contribution is -2.07. The second-order valence-corrected chi connectivity index (χ2v) is 9.37. The maximum Gasteiger partial charge on any atom is 0.163 e. The van der Waals surface area contributed by atoms with Crippen molar-refractivity contribution >= 4 is 5.78 Å². The van der Waals surface area contributed by atoms with E-state index in [2.05, 4.69) is 0 Å². The quantitative estimate of drug-likeness (QED) is 0.174. The number of hydrogen-bond acceptors (Lipinski definition) is 7. The summed E-state index contributed by atoms with van der Waals surface area (Å²) in [6.07, 6.45) is 1.80. The van der Waals surface area contributed by atoms with Crippen LogP contribution in [0.4, 0.5) is 0 Å². The molecule has 0 saturated heterocycles. The molecule has 0 bridgehead atoms. The number of phenols is 4. The molecule has 0 heterocycles. The molecule has 0 saturated carbocycles. The van der Waals surface area contributed by atoms with E-state index in [1.807, 2.05) is 24.3 Å². The summed E-state index contributed by atoms with van der Waals surface area (Å²) >= 11 is 0. The Hall–Kier alpha value is -4.65. The molecule has 4 rings (SSSR count). The van der Waals surface area contributed by atoms with Crippen molar-refractivity contribution in [2.75, 3.05) is 14.2 Å². The van der Waals surface area contributed by atoms with Gasteiger partial charge < -0.3 is 29.9 Å². The van der Waals surface area contributed by atoms with Gasteiger partial charge in [-0.3, -0.25) is 4.79 Å². The highest BCUT2D eigenvalue weighted by atomic mass is 16.5. The van der Waals surface area contributed by atoms with Gasteiger partial charge in [0.1, 0.15) is 34.5 Å². The number of aryl methyl sites for hydroxylation is 2. The highest BCUT2D eigenvalue weighted by Crippen LogP contribution is 2.40. The molecule has 4 aromatic rings. The summed E-state index contributed by atoms with van der Waals surface area (Å²) in [5.41, 5.74) is 3.77. The molecule has 0 spiro atoms. The minimum absolute atomic E-state index is 0.0659. The van der Waals surface area contributed by atoms with Crippen LogP contribution >= 0.6 is 0 Å². The average Bonchev–Trinajstić information content (AvgIpc) is 2.94. The Kier molecular flexibility index (Phi) is 8.61. The van der Waals surface area contributed by atoms with Crippen LogP contribution in [0.3, 0.4) is 0 Å². The molecule has 0 aliphatic carbocycles. The Morgan fingerprint density at radius 2 is 1.28 bits per heavy atom. The number of ketones is 1. The van der Waals surface area contributed by atoms with Crippen molar-refractivity contribution in [2.24, 2.45) is 0 Å². The maximum atomic E-state index is 12.8. The van der Waals surface area contributed by atoms with Crippen molar-refractivity contribution in [3.8, 4) is 34.5 Å². The van der Waals surface area contributed by atoms with E-state index in [9.17, 15) is 25.2 Å². The van der Waals surface area contributed by atoms with Crippen molar-refractivity contribution in [3.63, 3.8) is 0 Å². The van der Waals surface area contributed by atoms with Gasteiger partial charge in [-0.2, -0.15) is 0 Å². The zero-order valence-electron chi connectivity index (χ0n) is 21.9. The molecule has 0 radical (unpaired) electrons. The molecule has 0 unspecified atom stereocenters. The smallest absolute Gasteiger partial charge is 0.163 e. The van der Waals surface area contributed by atoms with E-state index in [0.29, 0.717) is 41.9 Å². The van der Waals surface area contributed by atoms with Gasteiger partial charge in [0.2, 0.25) is 0 Å². The standard InChI is InChI=1S/C32H32O7/c1-38-31-18-26(35)14-7-22(31)8-15-27(20-3-10-24(33)11-4-20)28-17-23(32(39-2)19-30(28)37)9-16-29(36)21-5-12-25(34)13-6-21/h3-7,10-14,17-19,27,33-35,37H,8-9,15-16H2,1-2H3/t27-/m0/s1. The number of rotatable bonds is 11. The molecule has 0 aromatic heterocycles.